The molecular weight excluding hydrogens is 340 g/mol. The van der Waals surface area contributed by atoms with Crippen LogP contribution in [-0.2, 0) is 24.3 Å². The van der Waals surface area contributed by atoms with E-state index in [4.69, 9.17) is 4.18 Å². The van der Waals surface area contributed by atoms with Crippen molar-refractivity contribution >= 4 is 20.1 Å². The van der Waals surface area contributed by atoms with Gasteiger partial charge in [0.25, 0.3) is 10.1 Å². The number of likely N-dealkylation sites (tertiary alicyclic amines) is 1. The molecule has 0 aliphatic carbocycles. The first-order valence-corrected chi connectivity index (χ1v) is 10.5. The maximum Gasteiger partial charge on any atom is 0.264 e. The molecule has 1 aromatic rings. The third-order valence-corrected chi connectivity index (χ3v) is 5.86. The average molecular weight is 362 g/mol. The predicted octanol–water partition coefficient (Wildman–Crippen LogP) is 0.322. The molecule has 130 valence electrons. The van der Waals surface area contributed by atoms with Crippen molar-refractivity contribution in [3.8, 4) is 0 Å². The fraction of sp³-hybridized carbons (Fsp3) is 0.571. The van der Waals surface area contributed by atoms with Gasteiger partial charge in [0.15, 0.2) is 0 Å². The van der Waals surface area contributed by atoms with Crippen LogP contribution in [-0.4, -0.2) is 60.3 Å². The molecule has 9 heteroatoms. The molecule has 1 aliphatic heterocycles. The molecule has 23 heavy (non-hydrogen) atoms. The van der Waals surface area contributed by atoms with Crippen molar-refractivity contribution in [1.82, 2.24) is 9.62 Å². The van der Waals surface area contributed by atoms with E-state index < -0.39 is 26.2 Å². The maximum absolute atomic E-state index is 12.3. The number of hydrogen-bond acceptors (Lipinski definition) is 6. The molecule has 1 heterocycles. The van der Waals surface area contributed by atoms with Crippen molar-refractivity contribution in [2.75, 3.05) is 26.4 Å². The van der Waals surface area contributed by atoms with E-state index >= 15 is 0 Å². The Morgan fingerprint density at radius 3 is 2.39 bits per heavy atom. The van der Waals surface area contributed by atoms with Crippen molar-refractivity contribution in [2.45, 2.75) is 30.4 Å². The molecule has 0 aromatic heterocycles. The Bertz CT molecular complexity index is 744. The summed E-state index contributed by atoms with van der Waals surface area (Å²) in [4.78, 5) is 2.11. The number of aryl methyl sites for hydroxylation is 1. The van der Waals surface area contributed by atoms with E-state index in [9.17, 15) is 16.8 Å². The van der Waals surface area contributed by atoms with E-state index in [0.717, 1.165) is 11.8 Å². The second-order valence-corrected chi connectivity index (χ2v) is 9.28. The summed E-state index contributed by atoms with van der Waals surface area (Å²) in [5.74, 6) is 0. The summed E-state index contributed by atoms with van der Waals surface area (Å²) < 4.78 is 54.4. The first-order valence-electron chi connectivity index (χ1n) is 7.22. The SMILES string of the molecule is Cc1ccc(S(=O)(=O)NC[C@@H]2C[C@@H](OS(C)(=O)=O)CN2C)cc1. The Balaban J connectivity index is 1.96. The number of likely N-dealkylation sites (N-methyl/N-ethyl adjacent to an activating group) is 1. The number of nitrogens with one attached hydrogen (secondary N) is 1. The molecule has 1 aliphatic rings. The lowest BCUT2D eigenvalue weighted by atomic mass is 10.2. The van der Waals surface area contributed by atoms with Crippen LogP contribution in [0.2, 0.25) is 0 Å². The molecule has 1 fully saturated rings. The van der Waals surface area contributed by atoms with Crippen molar-refractivity contribution in [2.24, 2.45) is 0 Å². The molecule has 2 rings (SSSR count). The smallest absolute Gasteiger partial charge is 0.264 e. The first kappa shape index (κ1) is 18.3. The summed E-state index contributed by atoms with van der Waals surface area (Å²) in [5.41, 5.74) is 0.986. The molecule has 0 spiro atoms. The minimum atomic E-state index is -3.58. The molecular formula is C14H22N2O5S2. The van der Waals surface area contributed by atoms with E-state index in [2.05, 4.69) is 4.72 Å². The van der Waals surface area contributed by atoms with Crippen LogP contribution >= 0.6 is 0 Å². The third kappa shape index (κ3) is 5.25. The van der Waals surface area contributed by atoms with Crippen molar-refractivity contribution < 1.29 is 21.0 Å². The fourth-order valence-electron chi connectivity index (χ4n) is 2.59. The highest BCUT2D eigenvalue weighted by Crippen LogP contribution is 2.20. The molecule has 1 saturated heterocycles. The second-order valence-electron chi connectivity index (χ2n) is 5.92. The predicted molar refractivity (Wildman–Crippen MR) is 87.1 cm³/mol. The van der Waals surface area contributed by atoms with Crippen LogP contribution in [0.4, 0.5) is 0 Å². The lowest BCUT2D eigenvalue weighted by Gasteiger charge is -2.19. The quantitative estimate of drug-likeness (QED) is 0.733. The van der Waals surface area contributed by atoms with Gasteiger partial charge in [0.05, 0.1) is 17.3 Å². The zero-order chi connectivity index (χ0) is 17.3. The summed E-state index contributed by atoms with van der Waals surface area (Å²) in [6.07, 6.45) is 1.03. The fourth-order valence-corrected chi connectivity index (χ4v) is 4.30. The van der Waals surface area contributed by atoms with Crippen LogP contribution < -0.4 is 4.72 Å². The van der Waals surface area contributed by atoms with Gasteiger partial charge < -0.3 is 0 Å². The molecule has 0 saturated carbocycles. The molecule has 7 nitrogen and oxygen atoms in total. The van der Waals surface area contributed by atoms with Crippen molar-refractivity contribution in [3.63, 3.8) is 0 Å². The molecule has 0 unspecified atom stereocenters. The highest BCUT2D eigenvalue weighted by atomic mass is 32.2. The zero-order valence-electron chi connectivity index (χ0n) is 13.4. The van der Waals surface area contributed by atoms with Gasteiger partial charge in [0, 0.05) is 19.1 Å². The number of benzene rings is 1. The number of sulfonamides is 1. The summed E-state index contributed by atoms with van der Waals surface area (Å²) in [6, 6.07) is 6.50. The van der Waals surface area contributed by atoms with E-state index in [0.29, 0.717) is 13.0 Å². The van der Waals surface area contributed by atoms with Gasteiger partial charge in [-0.15, -0.1) is 0 Å². The van der Waals surface area contributed by atoms with Crippen LogP contribution in [0.25, 0.3) is 0 Å². The number of hydrogen-bond donors (Lipinski definition) is 1. The molecule has 1 aromatic carbocycles. The average Bonchev–Trinajstić information content (AvgIpc) is 2.75. The van der Waals surface area contributed by atoms with Crippen LogP contribution in [0, 0.1) is 6.92 Å². The summed E-state index contributed by atoms with van der Waals surface area (Å²) in [6.45, 7) is 2.54. The van der Waals surface area contributed by atoms with Gasteiger partial charge in [0.1, 0.15) is 0 Å². The molecule has 0 amide bonds. The maximum atomic E-state index is 12.3. The van der Waals surface area contributed by atoms with Gasteiger partial charge in [-0.1, -0.05) is 17.7 Å². The lowest BCUT2D eigenvalue weighted by molar-refractivity contribution is 0.217. The highest BCUT2D eigenvalue weighted by Gasteiger charge is 2.33. The first-order chi connectivity index (χ1) is 10.6. The Kier molecular flexibility index (Phi) is 5.47. The van der Waals surface area contributed by atoms with Crippen LogP contribution in [0.3, 0.4) is 0 Å². The normalized spacial score (nSPS) is 23.3. The minimum absolute atomic E-state index is 0.109. The van der Waals surface area contributed by atoms with Crippen molar-refractivity contribution in [1.29, 1.82) is 0 Å². The number of nitrogens with zero attached hydrogens (tertiary/aromatic N) is 1. The Morgan fingerprint density at radius 1 is 1.22 bits per heavy atom. The molecule has 0 radical (unpaired) electrons. The molecule has 1 N–H and O–H groups in total. The Morgan fingerprint density at radius 2 is 1.83 bits per heavy atom. The van der Waals surface area contributed by atoms with E-state index in [1.807, 2.05) is 18.9 Å². The Hall–Kier alpha value is -1.00. The monoisotopic (exact) mass is 362 g/mol. The zero-order valence-corrected chi connectivity index (χ0v) is 15.0. The highest BCUT2D eigenvalue weighted by molar-refractivity contribution is 7.89. The summed E-state index contributed by atoms with van der Waals surface area (Å²) in [7, 11) is -5.27. The van der Waals surface area contributed by atoms with Gasteiger partial charge >= 0.3 is 0 Å². The summed E-state index contributed by atoms with van der Waals surface area (Å²) >= 11 is 0. The van der Waals surface area contributed by atoms with Gasteiger partial charge in [-0.2, -0.15) is 8.42 Å². The molecule has 2 atom stereocenters. The third-order valence-electron chi connectivity index (χ3n) is 3.80. The lowest BCUT2D eigenvalue weighted by Crippen LogP contribution is -2.38. The van der Waals surface area contributed by atoms with E-state index in [1.54, 1.807) is 24.3 Å². The van der Waals surface area contributed by atoms with Crippen LogP contribution in [0.15, 0.2) is 29.2 Å². The second kappa shape index (κ2) is 6.86. The minimum Gasteiger partial charge on any atom is -0.299 e. The Labute approximate surface area is 137 Å². The van der Waals surface area contributed by atoms with Crippen LogP contribution in [0.5, 0.6) is 0 Å². The van der Waals surface area contributed by atoms with Gasteiger partial charge in [-0.25, -0.2) is 13.1 Å². The van der Waals surface area contributed by atoms with Gasteiger partial charge in [0.2, 0.25) is 10.0 Å². The largest absolute Gasteiger partial charge is 0.299 e. The van der Waals surface area contributed by atoms with Gasteiger partial charge in [-0.3, -0.25) is 9.08 Å². The number of rotatable bonds is 6. The van der Waals surface area contributed by atoms with Gasteiger partial charge in [-0.05, 0) is 32.5 Å². The summed E-state index contributed by atoms with van der Waals surface area (Å²) in [5, 5.41) is 0. The van der Waals surface area contributed by atoms with E-state index in [1.165, 1.54) is 0 Å². The standard InChI is InChI=1S/C14H22N2O5S2/c1-11-4-6-14(7-5-11)23(19,20)15-9-12-8-13(10-16(12)2)21-22(3,17)18/h4-7,12-13,15H,8-10H2,1-3H3/t12-,13+/m0/s1. The topological polar surface area (TPSA) is 92.8 Å². The molecule has 0 bridgehead atoms. The van der Waals surface area contributed by atoms with Crippen LogP contribution in [0.1, 0.15) is 12.0 Å². The van der Waals surface area contributed by atoms with Crippen molar-refractivity contribution in [3.05, 3.63) is 29.8 Å². The van der Waals surface area contributed by atoms with E-state index in [-0.39, 0.29) is 17.5 Å².